The number of carbonyl (C=O) groups excluding carboxylic acids is 2. The summed E-state index contributed by atoms with van der Waals surface area (Å²) in [6, 6.07) is 5.17. The zero-order valence-corrected chi connectivity index (χ0v) is 19.8. The van der Waals surface area contributed by atoms with Crippen LogP contribution >= 0.6 is 0 Å². The van der Waals surface area contributed by atoms with Crippen LogP contribution in [0.2, 0.25) is 0 Å². The minimum Gasteiger partial charge on any atom is -0.443 e. The topological polar surface area (TPSA) is 102 Å². The normalized spacial score (nSPS) is 16.6. The van der Waals surface area contributed by atoms with Gasteiger partial charge in [-0.3, -0.25) is 4.79 Å². The Morgan fingerprint density at radius 3 is 2.32 bits per heavy atom. The summed E-state index contributed by atoms with van der Waals surface area (Å²) < 4.78 is 26.9. The molecule has 1 unspecified atom stereocenters. The third-order valence-corrected chi connectivity index (χ3v) is 5.89. The van der Waals surface area contributed by atoms with Gasteiger partial charge in [0.1, 0.15) is 28.1 Å². The number of amides is 2. The van der Waals surface area contributed by atoms with E-state index < -0.39 is 33.3 Å². The molecule has 2 aromatic rings. The monoisotopic (exact) mass is 445 g/mol. The molecule has 0 saturated heterocycles. The van der Waals surface area contributed by atoms with Crippen LogP contribution in [0.5, 0.6) is 0 Å². The highest BCUT2D eigenvalue weighted by Gasteiger charge is 2.41. The largest absolute Gasteiger partial charge is 0.443 e. The fourth-order valence-electron chi connectivity index (χ4n) is 3.10. The lowest BCUT2D eigenvalue weighted by atomic mass is 10.00. The van der Waals surface area contributed by atoms with E-state index in [1.165, 1.54) is 0 Å². The first-order valence-electron chi connectivity index (χ1n) is 9.86. The van der Waals surface area contributed by atoms with Gasteiger partial charge in [-0.05, 0) is 73.1 Å². The summed E-state index contributed by atoms with van der Waals surface area (Å²) in [5, 5.41) is 3.98. The maximum Gasteiger partial charge on any atom is 0.422 e. The number of benzene rings is 1. The molecule has 31 heavy (non-hydrogen) atoms. The fourth-order valence-corrected chi connectivity index (χ4v) is 3.71. The van der Waals surface area contributed by atoms with Crippen LogP contribution in [-0.2, 0) is 20.5 Å². The van der Waals surface area contributed by atoms with Crippen molar-refractivity contribution in [2.24, 2.45) is 4.40 Å². The first-order chi connectivity index (χ1) is 14.2. The Kier molecular flexibility index (Phi) is 5.69. The molecule has 0 spiro atoms. The van der Waals surface area contributed by atoms with E-state index in [2.05, 4.69) is 9.55 Å². The number of nitrogens with zero attached hydrogens (tertiary/aromatic N) is 3. The van der Waals surface area contributed by atoms with E-state index in [0.717, 1.165) is 16.0 Å². The summed E-state index contributed by atoms with van der Waals surface area (Å²) in [6.45, 7) is 14.1. The van der Waals surface area contributed by atoms with Crippen molar-refractivity contribution < 1.29 is 23.1 Å². The Bertz CT molecular complexity index is 1100. The van der Waals surface area contributed by atoms with Gasteiger partial charge in [-0.1, -0.05) is 11.2 Å². The Morgan fingerprint density at radius 2 is 1.81 bits per heavy atom. The van der Waals surface area contributed by atoms with E-state index >= 15 is 0 Å². The van der Waals surface area contributed by atoms with Crippen molar-refractivity contribution in [3.63, 3.8) is 0 Å². The van der Waals surface area contributed by atoms with Crippen molar-refractivity contribution >= 4 is 34.4 Å². The summed E-state index contributed by atoms with van der Waals surface area (Å²) >= 11 is 0. The van der Waals surface area contributed by atoms with Crippen LogP contribution in [0.15, 0.2) is 27.1 Å². The molecule has 1 aromatic carbocycles. The van der Waals surface area contributed by atoms with Gasteiger partial charge in [0.25, 0.3) is 5.91 Å². The molecule has 2 heterocycles. The van der Waals surface area contributed by atoms with Gasteiger partial charge in [-0.25, -0.2) is 13.9 Å². The van der Waals surface area contributed by atoms with Crippen molar-refractivity contribution in [1.29, 1.82) is 0 Å². The van der Waals surface area contributed by atoms with Gasteiger partial charge in [0.15, 0.2) is 0 Å². The first-order valence-corrected chi connectivity index (χ1v) is 11.0. The molecule has 1 atom stereocenters. The van der Waals surface area contributed by atoms with E-state index in [9.17, 15) is 13.8 Å². The van der Waals surface area contributed by atoms with Gasteiger partial charge in [0, 0.05) is 11.1 Å². The highest BCUT2D eigenvalue weighted by molar-refractivity contribution is 7.85. The fraction of sp³-hybridized carbons (Fsp3) is 0.455. The van der Waals surface area contributed by atoms with Crippen molar-refractivity contribution in [2.45, 2.75) is 65.7 Å². The van der Waals surface area contributed by atoms with Gasteiger partial charge >= 0.3 is 6.09 Å². The van der Waals surface area contributed by atoms with Gasteiger partial charge in [-0.15, -0.1) is 0 Å². The number of carbonyl (C=O) groups is 2. The Balaban J connectivity index is 2.19. The Hall–Kier alpha value is -2.81. The lowest BCUT2D eigenvalue weighted by Crippen LogP contribution is -2.40. The van der Waals surface area contributed by atoms with Crippen LogP contribution in [-0.4, -0.2) is 37.4 Å². The minimum atomic E-state index is -1.70. The van der Waals surface area contributed by atoms with E-state index in [1.807, 2.05) is 6.92 Å². The summed E-state index contributed by atoms with van der Waals surface area (Å²) in [5.41, 5.74) is 2.16. The van der Waals surface area contributed by atoms with Crippen molar-refractivity contribution in [3.8, 4) is 11.1 Å². The molecule has 2 amide bonds. The number of hydrogen-bond acceptors (Lipinski definition) is 6. The molecule has 9 heteroatoms. The van der Waals surface area contributed by atoms with E-state index in [1.54, 1.807) is 66.7 Å². The number of rotatable bonds is 2. The van der Waals surface area contributed by atoms with E-state index in [4.69, 9.17) is 9.26 Å². The second kappa shape index (κ2) is 7.71. The number of anilines is 1. The molecule has 0 radical (unpaired) electrons. The molecular weight excluding hydrogens is 418 g/mol. The highest BCUT2D eigenvalue weighted by Crippen LogP contribution is 2.36. The van der Waals surface area contributed by atoms with Gasteiger partial charge < -0.3 is 9.26 Å². The van der Waals surface area contributed by atoms with E-state index in [0.29, 0.717) is 22.7 Å². The van der Waals surface area contributed by atoms with E-state index in [-0.39, 0.29) is 5.71 Å². The molecular formula is C22H27N3O5S. The molecule has 1 aromatic heterocycles. The van der Waals surface area contributed by atoms with Gasteiger partial charge in [0.2, 0.25) is 0 Å². The molecule has 0 saturated carbocycles. The minimum absolute atomic E-state index is 0.0391. The molecule has 0 fully saturated rings. The predicted octanol–water partition coefficient (Wildman–Crippen LogP) is 4.49. The second-order valence-corrected chi connectivity index (χ2v) is 11.3. The highest BCUT2D eigenvalue weighted by atomic mass is 32.2. The van der Waals surface area contributed by atoms with Crippen LogP contribution in [0.3, 0.4) is 0 Å². The van der Waals surface area contributed by atoms with Crippen molar-refractivity contribution in [1.82, 2.24) is 5.16 Å². The molecule has 166 valence electrons. The standard InChI is InChI=1S/C22H27N3O5S/c1-12-17(13(2)30-23-12)14-9-10-16-15(11-14)18(24-31(28)22(6,7)8)19(26)25(16)20(27)29-21(3,4)5/h9-11H,1-8H3. The predicted molar refractivity (Wildman–Crippen MR) is 120 cm³/mol. The summed E-state index contributed by atoms with van der Waals surface area (Å²) in [6.07, 6.45) is -0.810. The zero-order valence-electron chi connectivity index (χ0n) is 19.0. The number of aromatic nitrogens is 1. The van der Waals surface area contributed by atoms with Gasteiger partial charge in [0.05, 0.1) is 16.1 Å². The molecule has 1 aliphatic heterocycles. The lowest BCUT2D eigenvalue weighted by molar-refractivity contribution is -0.112. The smallest absolute Gasteiger partial charge is 0.422 e. The number of aryl methyl sites for hydroxylation is 2. The molecule has 0 aliphatic carbocycles. The van der Waals surface area contributed by atoms with Crippen LogP contribution in [0.25, 0.3) is 11.1 Å². The maximum atomic E-state index is 13.2. The number of fused-ring (bicyclic) bond motifs is 1. The van der Waals surface area contributed by atoms with Crippen LogP contribution in [0.1, 0.15) is 58.6 Å². The average Bonchev–Trinajstić information content (AvgIpc) is 3.09. The van der Waals surface area contributed by atoms with Crippen LogP contribution in [0, 0.1) is 13.8 Å². The molecule has 3 rings (SSSR count). The third-order valence-electron chi connectivity index (χ3n) is 4.49. The Labute approximate surface area is 184 Å². The second-order valence-electron chi connectivity index (χ2n) is 9.35. The third kappa shape index (κ3) is 4.46. The summed E-state index contributed by atoms with van der Waals surface area (Å²) in [4.78, 5) is 27.0. The number of ether oxygens (including phenoxy) is 1. The quantitative estimate of drug-likeness (QED) is 0.675. The maximum absolute atomic E-state index is 13.2. The Morgan fingerprint density at radius 1 is 1.16 bits per heavy atom. The molecule has 0 N–H and O–H groups in total. The average molecular weight is 446 g/mol. The molecule has 0 bridgehead atoms. The van der Waals surface area contributed by atoms with Crippen LogP contribution in [0.4, 0.5) is 10.5 Å². The zero-order chi connectivity index (χ0) is 23.3. The molecule has 1 aliphatic rings. The first kappa shape index (κ1) is 22.9. The van der Waals surface area contributed by atoms with Crippen molar-refractivity contribution in [2.75, 3.05) is 4.90 Å². The molecule has 8 nitrogen and oxygen atoms in total. The number of hydrogen-bond donors (Lipinski definition) is 0. The SMILES string of the molecule is Cc1noc(C)c1-c1ccc2c(c1)C(=NS(=O)C(C)(C)C)C(=O)N2C(=O)OC(C)(C)C. The van der Waals surface area contributed by atoms with Gasteiger partial charge in [-0.2, -0.15) is 4.40 Å². The number of imide groups is 1. The lowest BCUT2D eigenvalue weighted by Gasteiger charge is -2.23. The summed E-state index contributed by atoms with van der Waals surface area (Å²) in [7, 11) is -1.70. The van der Waals surface area contributed by atoms with Crippen LogP contribution < -0.4 is 4.90 Å². The summed E-state index contributed by atoms with van der Waals surface area (Å²) in [5.74, 6) is -0.0414. The van der Waals surface area contributed by atoms with Crippen molar-refractivity contribution in [3.05, 3.63) is 35.2 Å².